The van der Waals surface area contributed by atoms with Gasteiger partial charge >= 0.3 is 0 Å². The van der Waals surface area contributed by atoms with Crippen molar-refractivity contribution in [1.82, 2.24) is 4.90 Å². The lowest BCUT2D eigenvalue weighted by atomic mass is 10.3. The van der Waals surface area contributed by atoms with Crippen LogP contribution < -0.4 is 0 Å². The first-order chi connectivity index (χ1) is 7.40. The molecule has 0 radical (unpaired) electrons. The number of aliphatic imine (C=N–C) groups is 1. The Morgan fingerprint density at radius 2 is 1.87 bits per heavy atom. The molecule has 1 aliphatic heterocycles. The fraction of sp³-hybridized carbons (Fsp3) is 0.417. The van der Waals surface area contributed by atoms with Crippen molar-refractivity contribution < 1.29 is 0 Å². The van der Waals surface area contributed by atoms with Gasteiger partial charge in [-0.3, -0.25) is 0 Å². The van der Waals surface area contributed by atoms with Crippen LogP contribution in [0.2, 0.25) is 0 Å². The van der Waals surface area contributed by atoms with Gasteiger partial charge in [-0.1, -0.05) is 30.0 Å². The summed E-state index contributed by atoms with van der Waals surface area (Å²) in [6.07, 6.45) is 4.70. The Morgan fingerprint density at radius 3 is 2.47 bits per heavy atom. The molecule has 1 aromatic rings. The molecule has 2 nitrogen and oxygen atoms in total. The van der Waals surface area contributed by atoms with Crippen molar-refractivity contribution in [1.29, 1.82) is 0 Å². The highest BCUT2D eigenvalue weighted by Gasteiger charge is 2.15. The number of para-hydroxylation sites is 1. The van der Waals surface area contributed by atoms with Crippen molar-refractivity contribution in [3.05, 3.63) is 30.3 Å². The maximum absolute atomic E-state index is 4.66. The summed E-state index contributed by atoms with van der Waals surface area (Å²) >= 11 is 1.74. The number of nitrogens with zero attached hydrogens (tertiary/aromatic N) is 2. The monoisotopic (exact) mass is 220 g/mol. The highest BCUT2D eigenvalue weighted by molar-refractivity contribution is 8.13. The summed E-state index contributed by atoms with van der Waals surface area (Å²) in [5, 5.41) is 1.15. The van der Waals surface area contributed by atoms with Gasteiger partial charge in [-0.2, -0.15) is 0 Å². The van der Waals surface area contributed by atoms with Crippen LogP contribution in [0.1, 0.15) is 12.8 Å². The summed E-state index contributed by atoms with van der Waals surface area (Å²) in [5.74, 6) is 0. The molecular weight excluding hydrogens is 204 g/mol. The Bertz CT molecular complexity index is 329. The fourth-order valence-electron chi connectivity index (χ4n) is 1.77. The molecule has 0 spiro atoms. The average Bonchev–Trinajstić information content (AvgIpc) is 2.81. The Labute approximate surface area is 95.4 Å². The van der Waals surface area contributed by atoms with Crippen LogP contribution >= 0.6 is 11.8 Å². The quantitative estimate of drug-likeness (QED) is 0.534. The zero-order valence-electron chi connectivity index (χ0n) is 9.02. The van der Waals surface area contributed by atoms with E-state index >= 15 is 0 Å². The standard InChI is InChI=1S/C12H16N2S/c1-15-12(14-9-5-6-10-14)13-11-7-3-2-4-8-11/h2-4,7-8H,5-6,9-10H2,1H3. The SMILES string of the molecule is CSC(=Nc1ccccc1)N1CCCC1. The lowest BCUT2D eigenvalue weighted by Crippen LogP contribution is -2.24. The number of likely N-dealkylation sites (tertiary alicyclic amines) is 1. The average molecular weight is 220 g/mol. The molecule has 1 fully saturated rings. The second-order valence-electron chi connectivity index (χ2n) is 3.63. The third-order valence-electron chi connectivity index (χ3n) is 2.54. The summed E-state index contributed by atoms with van der Waals surface area (Å²) in [5.41, 5.74) is 1.05. The summed E-state index contributed by atoms with van der Waals surface area (Å²) in [6, 6.07) is 10.2. The highest BCUT2D eigenvalue weighted by Crippen LogP contribution is 2.19. The topological polar surface area (TPSA) is 15.6 Å². The molecule has 2 rings (SSSR count). The molecule has 0 N–H and O–H groups in total. The first kappa shape index (κ1) is 10.6. The summed E-state index contributed by atoms with van der Waals surface area (Å²) in [4.78, 5) is 7.04. The van der Waals surface area contributed by atoms with Gasteiger partial charge in [-0.25, -0.2) is 4.99 Å². The minimum absolute atomic E-state index is 1.05. The van der Waals surface area contributed by atoms with Gasteiger partial charge in [0.1, 0.15) is 0 Å². The lowest BCUT2D eigenvalue weighted by molar-refractivity contribution is 0.530. The minimum Gasteiger partial charge on any atom is -0.351 e. The van der Waals surface area contributed by atoms with E-state index < -0.39 is 0 Å². The minimum atomic E-state index is 1.05. The van der Waals surface area contributed by atoms with E-state index in [1.54, 1.807) is 11.8 Å². The van der Waals surface area contributed by atoms with E-state index in [4.69, 9.17) is 0 Å². The van der Waals surface area contributed by atoms with E-state index in [2.05, 4.69) is 16.1 Å². The maximum Gasteiger partial charge on any atom is 0.164 e. The smallest absolute Gasteiger partial charge is 0.164 e. The zero-order valence-corrected chi connectivity index (χ0v) is 9.83. The van der Waals surface area contributed by atoms with Crippen molar-refractivity contribution in [2.24, 2.45) is 4.99 Å². The molecule has 80 valence electrons. The van der Waals surface area contributed by atoms with Crippen LogP contribution in [0.5, 0.6) is 0 Å². The van der Waals surface area contributed by atoms with E-state index in [0.717, 1.165) is 23.9 Å². The second-order valence-corrected chi connectivity index (χ2v) is 4.40. The molecule has 0 atom stereocenters. The van der Waals surface area contributed by atoms with Crippen molar-refractivity contribution in [2.75, 3.05) is 19.3 Å². The van der Waals surface area contributed by atoms with E-state index in [9.17, 15) is 0 Å². The number of thioether (sulfide) groups is 1. The van der Waals surface area contributed by atoms with Crippen LogP contribution in [0.15, 0.2) is 35.3 Å². The molecular formula is C12H16N2S. The maximum atomic E-state index is 4.66. The van der Waals surface area contributed by atoms with Crippen LogP contribution in [0.3, 0.4) is 0 Å². The second kappa shape index (κ2) is 5.21. The van der Waals surface area contributed by atoms with Crippen molar-refractivity contribution >= 4 is 22.6 Å². The van der Waals surface area contributed by atoms with E-state index in [-0.39, 0.29) is 0 Å². The predicted octanol–water partition coefficient (Wildman–Crippen LogP) is 3.13. The molecule has 15 heavy (non-hydrogen) atoms. The molecule has 3 heteroatoms. The molecule has 0 bridgehead atoms. The van der Waals surface area contributed by atoms with Gasteiger partial charge in [0.05, 0.1) is 5.69 Å². The molecule has 1 aromatic carbocycles. The Kier molecular flexibility index (Phi) is 3.67. The number of rotatable bonds is 1. The molecule has 0 unspecified atom stereocenters. The molecule has 0 aromatic heterocycles. The molecule has 0 saturated carbocycles. The van der Waals surface area contributed by atoms with E-state index in [1.165, 1.54) is 12.8 Å². The first-order valence-corrected chi connectivity index (χ1v) is 6.55. The Balaban J connectivity index is 2.15. The van der Waals surface area contributed by atoms with Crippen LogP contribution in [0.25, 0.3) is 0 Å². The third kappa shape index (κ3) is 2.75. The van der Waals surface area contributed by atoms with Gasteiger partial charge in [-0.15, -0.1) is 0 Å². The third-order valence-corrected chi connectivity index (χ3v) is 3.25. The molecule has 1 saturated heterocycles. The zero-order chi connectivity index (χ0) is 10.5. The summed E-state index contributed by atoms with van der Waals surface area (Å²) < 4.78 is 0. The van der Waals surface area contributed by atoms with Gasteiger partial charge < -0.3 is 4.90 Å². The van der Waals surface area contributed by atoms with Crippen LogP contribution in [-0.2, 0) is 0 Å². The molecule has 1 heterocycles. The van der Waals surface area contributed by atoms with Gasteiger partial charge in [0.2, 0.25) is 0 Å². The van der Waals surface area contributed by atoms with E-state index in [1.807, 2.05) is 30.3 Å². The van der Waals surface area contributed by atoms with Gasteiger partial charge in [-0.05, 0) is 31.2 Å². The number of benzene rings is 1. The van der Waals surface area contributed by atoms with Gasteiger partial charge in [0.25, 0.3) is 0 Å². The van der Waals surface area contributed by atoms with Crippen LogP contribution in [0.4, 0.5) is 5.69 Å². The van der Waals surface area contributed by atoms with Gasteiger partial charge in [0, 0.05) is 13.1 Å². The normalized spacial score (nSPS) is 17.1. The van der Waals surface area contributed by atoms with Crippen molar-refractivity contribution in [2.45, 2.75) is 12.8 Å². The molecule has 1 aliphatic rings. The van der Waals surface area contributed by atoms with Gasteiger partial charge in [0.15, 0.2) is 5.17 Å². The Morgan fingerprint density at radius 1 is 1.20 bits per heavy atom. The first-order valence-electron chi connectivity index (χ1n) is 5.33. The summed E-state index contributed by atoms with van der Waals surface area (Å²) in [6.45, 7) is 2.32. The molecule has 0 aliphatic carbocycles. The number of hydrogen-bond acceptors (Lipinski definition) is 2. The van der Waals surface area contributed by atoms with Crippen LogP contribution in [0, 0.1) is 0 Å². The fourth-order valence-corrected chi connectivity index (χ4v) is 2.40. The van der Waals surface area contributed by atoms with Crippen LogP contribution in [-0.4, -0.2) is 29.4 Å². The van der Waals surface area contributed by atoms with Crippen molar-refractivity contribution in [3.63, 3.8) is 0 Å². The van der Waals surface area contributed by atoms with E-state index in [0.29, 0.717) is 0 Å². The number of amidine groups is 1. The lowest BCUT2D eigenvalue weighted by Gasteiger charge is -2.17. The highest BCUT2D eigenvalue weighted by atomic mass is 32.2. The largest absolute Gasteiger partial charge is 0.351 e. The number of hydrogen-bond donors (Lipinski definition) is 0. The summed E-state index contributed by atoms with van der Waals surface area (Å²) in [7, 11) is 0. The Hall–Kier alpha value is -0.960. The predicted molar refractivity (Wildman–Crippen MR) is 67.9 cm³/mol. The van der Waals surface area contributed by atoms with Crippen molar-refractivity contribution in [3.8, 4) is 0 Å². The molecule has 0 amide bonds.